The highest BCUT2D eigenvalue weighted by atomic mass is 16.5. The molecule has 26 heavy (non-hydrogen) atoms. The van der Waals surface area contributed by atoms with Crippen molar-refractivity contribution in [2.24, 2.45) is 0 Å². The lowest BCUT2D eigenvalue weighted by Gasteiger charge is -2.14. The van der Waals surface area contributed by atoms with E-state index in [2.05, 4.69) is 28.3 Å². The number of fused-ring (bicyclic) bond motifs is 1. The lowest BCUT2D eigenvalue weighted by molar-refractivity contribution is 0.194. The summed E-state index contributed by atoms with van der Waals surface area (Å²) in [5, 5.41) is 18.0. The first-order chi connectivity index (χ1) is 12.7. The fourth-order valence-electron chi connectivity index (χ4n) is 3.47. The average molecular weight is 348 g/mol. The number of hydrogen-bond donors (Lipinski definition) is 1. The molecule has 3 heterocycles. The third kappa shape index (κ3) is 2.78. The highest BCUT2D eigenvalue weighted by Gasteiger charge is 2.23. The normalized spacial score (nSPS) is 16.8. The van der Waals surface area contributed by atoms with E-state index < -0.39 is 0 Å². The molecule has 2 N–H and O–H groups in total. The number of hydrogen-bond acceptors (Lipinski definition) is 6. The van der Waals surface area contributed by atoms with Crippen molar-refractivity contribution < 1.29 is 4.74 Å². The van der Waals surface area contributed by atoms with E-state index in [-0.39, 0.29) is 11.7 Å². The Morgan fingerprint density at radius 2 is 2.27 bits per heavy atom. The second-order valence-corrected chi connectivity index (χ2v) is 6.55. The van der Waals surface area contributed by atoms with Crippen molar-refractivity contribution >= 4 is 16.9 Å². The molecular weight excluding hydrogens is 328 g/mol. The molecule has 1 aromatic carbocycles. The van der Waals surface area contributed by atoms with Gasteiger partial charge < -0.3 is 10.5 Å². The molecule has 7 nitrogen and oxygen atoms in total. The molecule has 1 unspecified atom stereocenters. The van der Waals surface area contributed by atoms with Gasteiger partial charge in [0, 0.05) is 24.6 Å². The summed E-state index contributed by atoms with van der Waals surface area (Å²) in [6, 6.07) is 10.1. The summed E-state index contributed by atoms with van der Waals surface area (Å²) in [5.41, 5.74) is 11.0. The molecule has 4 rings (SSSR count). The van der Waals surface area contributed by atoms with Crippen LogP contribution in [-0.4, -0.2) is 33.2 Å². The quantitative estimate of drug-likeness (QED) is 0.777. The molecule has 0 aliphatic carbocycles. The largest absolute Gasteiger partial charge is 0.383 e. The molecule has 3 aromatic rings. The smallest absolute Gasteiger partial charge is 0.142 e. The lowest BCUT2D eigenvalue weighted by atomic mass is 9.93. The maximum absolute atomic E-state index is 9.48. The van der Waals surface area contributed by atoms with E-state index in [1.165, 1.54) is 0 Å². The Morgan fingerprint density at radius 1 is 1.38 bits per heavy atom. The molecule has 1 fully saturated rings. The van der Waals surface area contributed by atoms with E-state index in [1.54, 1.807) is 0 Å². The van der Waals surface area contributed by atoms with Gasteiger partial charge in [-0.15, -0.1) is 5.10 Å². The van der Waals surface area contributed by atoms with E-state index in [0.717, 1.165) is 47.2 Å². The molecule has 2 aromatic heterocycles. The summed E-state index contributed by atoms with van der Waals surface area (Å²) in [4.78, 5) is 4.46. The molecule has 0 spiro atoms. The highest BCUT2D eigenvalue weighted by Crippen LogP contribution is 2.33. The van der Waals surface area contributed by atoms with E-state index in [9.17, 15) is 5.26 Å². The van der Waals surface area contributed by atoms with E-state index >= 15 is 0 Å². The van der Waals surface area contributed by atoms with Gasteiger partial charge in [0.05, 0.1) is 23.4 Å². The Kier molecular flexibility index (Phi) is 4.27. The van der Waals surface area contributed by atoms with Crippen molar-refractivity contribution in [2.75, 3.05) is 18.9 Å². The minimum atomic E-state index is 0.183. The number of anilines is 1. The van der Waals surface area contributed by atoms with Gasteiger partial charge in [-0.2, -0.15) is 5.26 Å². The Bertz CT molecular complexity index is 997. The Hall–Kier alpha value is -2.98. The van der Waals surface area contributed by atoms with Crippen LogP contribution in [0.4, 0.5) is 5.82 Å². The van der Waals surface area contributed by atoms with Crippen LogP contribution in [0.1, 0.15) is 36.8 Å². The molecule has 0 radical (unpaired) electrons. The van der Waals surface area contributed by atoms with Gasteiger partial charge in [-0.25, -0.2) is 9.67 Å². The van der Waals surface area contributed by atoms with Crippen molar-refractivity contribution in [2.45, 2.75) is 32.2 Å². The molecule has 7 heteroatoms. The van der Waals surface area contributed by atoms with Crippen LogP contribution < -0.4 is 5.73 Å². The minimum Gasteiger partial charge on any atom is -0.383 e. The maximum atomic E-state index is 9.48. The molecule has 0 bridgehead atoms. The first-order valence-electron chi connectivity index (χ1n) is 8.83. The van der Waals surface area contributed by atoms with Gasteiger partial charge >= 0.3 is 0 Å². The van der Waals surface area contributed by atoms with Crippen molar-refractivity contribution in [3.05, 3.63) is 35.4 Å². The zero-order valence-electron chi connectivity index (χ0n) is 14.6. The van der Waals surface area contributed by atoms with Crippen LogP contribution in [0.25, 0.3) is 22.3 Å². The number of ether oxygens (including phenoxy) is 1. The second-order valence-electron chi connectivity index (χ2n) is 6.55. The molecule has 0 saturated carbocycles. The van der Waals surface area contributed by atoms with Gasteiger partial charge in [-0.1, -0.05) is 18.2 Å². The van der Waals surface area contributed by atoms with Gasteiger partial charge in [0.1, 0.15) is 17.4 Å². The van der Waals surface area contributed by atoms with Crippen molar-refractivity contribution in [3.63, 3.8) is 0 Å². The maximum Gasteiger partial charge on any atom is 0.142 e. The average Bonchev–Trinajstić information content (AvgIpc) is 3.31. The number of aromatic nitrogens is 4. The fraction of sp³-hybridized carbons (Fsp3) is 0.368. The Morgan fingerprint density at radius 3 is 3.00 bits per heavy atom. The topological polar surface area (TPSA) is 103 Å². The number of nitrogens with two attached hydrogens (primary N) is 1. The Labute approximate surface area is 151 Å². The number of nitriles is 1. The van der Waals surface area contributed by atoms with E-state index in [4.69, 9.17) is 10.5 Å². The summed E-state index contributed by atoms with van der Waals surface area (Å²) in [6.07, 6.45) is 1.89. The molecule has 132 valence electrons. The third-order valence-corrected chi connectivity index (χ3v) is 4.80. The van der Waals surface area contributed by atoms with Crippen molar-refractivity contribution in [1.82, 2.24) is 20.0 Å². The van der Waals surface area contributed by atoms with Crippen LogP contribution in [0.15, 0.2) is 24.3 Å². The monoisotopic (exact) mass is 348 g/mol. The molecule has 1 aliphatic heterocycles. The minimum absolute atomic E-state index is 0.183. The van der Waals surface area contributed by atoms with Crippen LogP contribution in [-0.2, 0) is 11.3 Å². The van der Waals surface area contributed by atoms with Crippen LogP contribution in [0, 0.1) is 11.3 Å². The third-order valence-electron chi connectivity index (χ3n) is 4.80. The fourth-order valence-corrected chi connectivity index (χ4v) is 3.47. The SMILES string of the molecule is CCCn1nnc2cc(-c3cc(C4CCOC4)c(C#N)c(N)n3)ccc21. The van der Waals surface area contributed by atoms with E-state index in [1.807, 2.05) is 28.9 Å². The predicted octanol–water partition coefficient (Wildman–Crippen LogP) is 2.86. The lowest BCUT2D eigenvalue weighted by Crippen LogP contribution is -2.07. The number of aryl methyl sites for hydroxylation is 1. The van der Waals surface area contributed by atoms with Crippen molar-refractivity contribution in [1.29, 1.82) is 5.26 Å². The summed E-state index contributed by atoms with van der Waals surface area (Å²) >= 11 is 0. The van der Waals surface area contributed by atoms with Crippen LogP contribution in [0.3, 0.4) is 0 Å². The van der Waals surface area contributed by atoms with Crippen LogP contribution in [0.2, 0.25) is 0 Å². The summed E-state index contributed by atoms with van der Waals surface area (Å²) in [6.45, 7) is 4.27. The first kappa shape index (κ1) is 16.5. The van der Waals surface area contributed by atoms with E-state index in [0.29, 0.717) is 18.8 Å². The van der Waals surface area contributed by atoms with Gasteiger partial charge in [-0.3, -0.25) is 0 Å². The molecule has 1 aliphatic rings. The van der Waals surface area contributed by atoms with Gasteiger partial charge in [0.15, 0.2) is 0 Å². The number of nitrogen functional groups attached to an aromatic ring is 1. The number of pyridine rings is 1. The van der Waals surface area contributed by atoms with Crippen LogP contribution >= 0.6 is 0 Å². The molecular formula is C19H20N6O. The number of rotatable bonds is 4. The predicted molar refractivity (Wildman–Crippen MR) is 98.4 cm³/mol. The molecule has 0 amide bonds. The van der Waals surface area contributed by atoms with Gasteiger partial charge in [0.2, 0.25) is 0 Å². The molecule has 1 atom stereocenters. The van der Waals surface area contributed by atoms with Gasteiger partial charge in [0.25, 0.3) is 0 Å². The number of benzene rings is 1. The number of nitrogens with zero attached hydrogens (tertiary/aromatic N) is 5. The second kappa shape index (κ2) is 6.73. The first-order valence-corrected chi connectivity index (χ1v) is 8.83. The standard InChI is InChI=1S/C19H20N6O/c1-2-6-25-18-4-3-12(8-17(18)23-24-25)16-9-14(13-5-7-26-11-13)15(10-20)19(21)22-16/h3-4,8-9,13H,2,5-7,11H2,1H3,(H2,21,22). The van der Waals surface area contributed by atoms with Gasteiger partial charge in [-0.05, 0) is 36.6 Å². The summed E-state index contributed by atoms with van der Waals surface area (Å²) in [7, 11) is 0. The zero-order valence-corrected chi connectivity index (χ0v) is 14.6. The Balaban J connectivity index is 1.80. The summed E-state index contributed by atoms with van der Waals surface area (Å²) in [5.74, 6) is 0.449. The molecule has 1 saturated heterocycles. The van der Waals surface area contributed by atoms with Crippen molar-refractivity contribution in [3.8, 4) is 17.3 Å². The zero-order chi connectivity index (χ0) is 18.1. The van der Waals surface area contributed by atoms with Crippen LogP contribution in [0.5, 0.6) is 0 Å². The summed E-state index contributed by atoms with van der Waals surface area (Å²) < 4.78 is 7.39. The highest BCUT2D eigenvalue weighted by molar-refractivity contribution is 5.81.